The number of likely N-dealkylation sites (N-methyl/N-ethyl adjacent to an activating group) is 1. The molecule has 5 fully saturated rings. The Morgan fingerprint density at radius 1 is 0.864 bits per heavy atom. The summed E-state index contributed by atoms with van der Waals surface area (Å²) in [6.45, 7) is 9.50. The molecule has 0 radical (unpaired) electrons. The lowest BCUT2D eigenvalue weighted by molar-refractivity contribution is -0.343. The SMILES string of the molecule is CCNC1COC(OC2C(OC3c4ccccc4C4(O)CC(=O)C(NC(=O)OC)C35SCC=C45)OC(C)C(NOC3CC(O)C(SC(=O)c4c(C)c(Br)c(OC5OC(C)C(O)C(OC)C5O)c(OC)c4OC)C(C)O3)C2O)CC1OC. The third-order valence-electron chi connectivity index (χ3n) is 16.4. The molecule has 1 saturated carbocycles. The summed E-state index contributed by atoms with van der Waals surface area (Å²) >= 11 is 5.71. The van der Waals surface area contributed by atoms with Gasteiger partial charge in [-0.1, -0.05) is 49.0 Å². The molecule has 1 amide bonds. The van der Waals surface area contributed by atoms with E-state index in [1.54, 1.807) is 59.1 Å². The predicted molar refractivity (Wildman–Crippen MR) is 293 cm³/mol. The number of alkyl carbamates (subject to hydrolysis) is 1. The first-order chi connectivity index (χ1) is 38.7. The maximum absolute atomic E-state index is 14.4. The Morgan fingerprint density at radius 3 is 2.27 bits per heavy atom. The molecular formula is C54H74BrN3O21S2. The van der Waals surface area contributed by atoms with Crippen molar-refractivity contribution in [2.45, 2.75) is 180 Å². The van der Waals surface area contributed by atoms with Gasteiger partial charge in [-0.25, -0.2) is 4.79 Å². The fourth-order valence-corrected chi connectivity index (χ4v) is 15.5. The van der Waals surface area contributed by atoms with Gasteiger partial charge in [-0.15, -0.1) is 11.8 Å². The molecule has 5 heterocycles. The molecular weight excluding hydrogens is 1170 g/mol. The van der Waals surface area contributed by atoms with E-state index in [-0.39, 0.29) is 65.3 Å². The van der Waals surface area contributed by atoms with Crippen LogP contribution in [0.25, 0.3) is 0 Å². The van der Waals surface area contributed by atoms with Crippen molar-refractivity contribution in [2.24, 2.45) is 0 Å². The number of methoxy groups -OCH3 is 5. The van der Waals surface area contributed by atoms with Crippen LogP contribution >= 0.6 is 39.5 Å². The van der Waals surface area contributed by atoms with Crippen molar-refractivity contribution < 1.29 is 102 Å². The summed E-state index contributed by atoms with van der Waals surface area (Å²) in [6, 6.07) is 4.70. The molecule has 2 aromatic carbocycles. The van der Waals surface area contributed by atoms with Crippen LogP contribution in [0.1, 0.15) is 80.1 Å². The van der Waals surface area contributed by atoms with E-state index in [1.807, 2.05) is 13.0 Å². The second-order valence-corrected chi connectivity index (χ2v) is 24.3. The Morgan fingerprint density at radius 2 is 1.59 bits per heavy atom. The fourth-order valence-electron chi connectivity index (χ4n) is 12.3. The number of aliphatic hydroxyl groups is 5. The normalized spacial score (nSPS) is 39.2. The maximum Gasteiger partial charge on any atom is 0.407 e. The number of hydrogen-bond donors (Lipinski definition) is 8. The molecule has 21 unspecified atom stereocenters. The summed E-state index contributed by atoms with van der Waals surface area (Å²) < 4.78 is 71.6. The molecule has 0 spiro atoms. The van der Waals surface area contributed by atoms with Crippen LogP contribution in [0.3, 0.4) is 0 Å². The predicted octanol–water partition coefficient (Wildman–Crippen LogP) is 2.56. The van der Waals surface area contributed by atoms with Crippen LogP contribution in [-0.4, -0.2) is 211 Å². The number of halogens is 1. The second-order valence-electron chi connectivity index (χ2n) is 21.1. The molecule has 2 aromatic rings. The molecule has 5 aliphatic heterocycles. The molecule has 7 aliphatic rings. The number of amides is 1. The first-order valence-corrected chi connectivity index (χ1v) is 29.5. The number of nitrogens with one attached hydrogen (secondary N) is 3. The molecule has 9 rings (SSSR count). The summed E-state index contributed by atoms with van der Waals surface area (Å²) in [5.74, 6) is 0.0119. The van der Waals surface area contributed by atoms with Gasteiger partial charge in [0.25, 0.3) is 0 Å². The molecule has 27 heteroatoms. The zero-order valence-corrected chi connectivity index (χ0v) is 49.8. The number of hydrogen-bond acceptors (Lipinski definition) is 25. The Labute approximate surface area is 486 Å². The number of rotatable bonds is 18. The molecule has 450 valence electrons. The zero-order valence-electron chi connectivity index (χ0n) is 46.6. The summed E-state index contributed by atoms with van der Waals surface area (Å²) in [5, 5.41) is 63.2. The highest BCUT2D eigenvalue weighted by Gasteiger charge is 2.69. The fraction of sp³-hybridized carbons (Fsp3) is 0.685. The number of hydroxylamine groups is 1. The topological polar surface area (TPSA) is 308 Å². The van der Waals surface area contributed by atoms with Gasteiger partial charge in [0.2, 0.25) is 17.2 Å². The van der Waals surface area contributed by atoms with Gasteiger partial charge in [-0.2, -0.15) is 5.48 Å². The number of carbonyl (C=O) groups is 3. The van der Waals surface area contributed by atoms with Gasteiger partial charge in [0.05, 0.1) is 90.6 Å². The zero-order chi connectivity index (χ0) is 58.4. The van der Waals surface area contributed by atoms with E-state index < -0.39 is 131 Å². The summed E-state index contributed by atoms with van der Waals surface area (Å²) in [4.78, 5) is 47.8. The third kappa shape index (κ3) is 11.5. The van der Waals surface area contributed by atoms with Crippen molar-refractivity contribution >= 4 is 56.4 Å². The van der Waals surface area contributed by atoms with E-state index in [0.29, 0.717) is 34.6 Å². The highest BCUT2D eigenvalue weighted by atomic mass is 79.9. The van der Waals surface area contributed by atoms with E-state index in [1.165, 1.54) is 40.2 Å². The molecule has 24 nitrogen and oxygen atoms in total. The van der Waals surface area contributed by atoms with Gasteiger partial charge >= 0.3 is 6.09 Å². The smallest absolute Gasteiger partial charge is 0.407 e. The second kappa shape index (κ2) is 25.7. The van der Waals surface area contributed by atoms with Gasteiger partial charge in [-0.3, -0.25) is 14.4 Å². The van der Waals surface area contributed by atoms with Crippen LogP contribution < -0.4 is 30.3 Å². The van der Waals surface area contributed by atoms with Crippen molar-refractivity contribution in [1.29, 1.82) is 0 Å². The summed E-state index contributed by atoms with van der Waals surface area (Å²) in [6.07, 6.45) is -15.3. The van der Waals surface area contributed by atoms with Gasteiger partial charge in [0.1, 0.15) is 48.3 Å². The minimum absolute atomic E-state index is 0.00525. The summed E-state index contributed by atoms with van der Waals surface area (Å²) in [5.41, 5.74) is 3.20. The van der Waals surface area contributed by atoms with Crippen molar-refractivity contribution in [3.63, 3.8) is 0 Å². The molecule has 8 N–H and O–H groups in total. The Balaban J connectivity index is 0.929. The molecule has 2 aliphatic carbocycles. The van der Waals surface area contributed by atoms with Crippen molar-refractivity contribution in [3.8, 4) is 17.2 Å². The highest BCUT2D eigenvalue weighted by Crippen LogP contribution is 2.65. The first-order valence-electron chi connectivity index (χ1n) is 26.9. The van der Waals surface area contributed by atoms with Crippen LogP contribution in [-0.2, 0) is 57.9 Å². The van der Waals surface area contributed by atoms with Crippen molar-refractivity contribution in [3.05, 3.63) is 62.6 Å². The van der Waals surface area contributed by atoms with E-state index in [0.717, 1.165) is 11.8 Å². The lowest BCUT2D eigenvalue weighted by atomic mass is 9.59. The lowest BCUT2D eigenvalue weighted by Gasteiger charge is -2.57. The van der Waals surface area contributed by atoms with Crippen molar-refractivity contribution in [2.75, 3.05) is 54.5 Å². The van der Waals surface area contributed by atoms with E-state index in [2.05, 4.69) is 32.0 Å². The maximum atomic E-state index is 14.4. The van der Waals surface area contributed by atoms with E-state index in [9.17, 15) is 39.9 Å². The summed E-state index contributed by atoms with van der Waals surface area (Å²) in [7, 11) is 6.85. The molecule has 0 aromatic heterocycles. The number of ether oxygens (including phenoxy) is 12. The van der Waals surface area contributed by atoms with Crippen LogP contribution in [0.5, 0.6) is 17.2 Å². The Kier molecular flexibility index (Phi) is 19.8. The van der Waals surface area contributed by atoms with Crippen LogP contribution in [0.2, 0.25) is 0 Å². The number of carbonyl (C=O) groups excluding carboxylic acids is 3. The molecule has 21 atom stereocenters. The standard InChI is InChI=1S/C54H74BrN3O21S2/c1-11-56-28-21-72-33(19-31(28)67-6)76-44-39(62)37(23(3)74-51(44)78-48-26-14-12-13-15-27(26)53(66)20-30(60)47(57-52(65)71-10)54(48)32(53)16-17-80-54)58-79-34-18-29(59)46(25(5)73-34)81-49(64)35-22(2)36(55)42(45(70-9)41(35)68-7)77-50-40(63)43(69-8)38(61)24(4)75-50/h12-16,23-25,28-29,31,33-34,37-40,43-44,46-48,50-51,56,58-59,61-63,66H,11,17-21H2,1-10H3,(H,57,65). The number of Topliss-reactive ketones (excluding diaryl/α,β-unsaturated/α-hetero) is 1. The van der Waals surface area contributed by atoms with Crippen molar-refractivity contribution in [1.82, 2.24) is 16.1 Å². The molecule has 2 bridgehead atoms. The van der Waals surface area contributed by atoms with Crippen LogP contribution in [0, 0.1) is 6.92 Å². The van der Waals surface area contributed by atoms with E-state index in [4.69, 9.17) is 61.7 Å². The quantitative estimate of drug-likeness (QED) is 0.0786. The minimum Gasteiger partial charge on any atom is -0.492 e. The average molecular weight is 1250 g/mol. The number of aliphatic hydroxyl groups excluding tert-OH is 4. The van der Waals surface area contributed by atoms with Gasteiger partial charge in [0, 0.05) is 39.2 Å². The number of ketones is 1. The number of benzene rings is 2. The van der Waals surface area contributed by atoms with Crippen LogP contribution in [0.4, 0.5) is 4.79 Å². The first kappa shape index (κ1) is 62.3. The number of thioether (sulfide) groups is 2. The lowest BCUT2D eigenvalue weighted by Crippen LogP contribution is -2.69. The third-order valence-corrected chi connectivity index (χ3v) is 20.2. The highest BCUT2D eigenvalue weighted by molar-refractivity contribution is 9.10. The number of fused-ring (bicyclic) bond motifs is 2. The monoisotopic (exact) mass is 1240 g/mol. The Hall–Kier alpha value is -3.27. The molecule has 4 saturated heterocycles. The molecule has 81 heavy (non-hydrogen) atoms. The van der Waals surface area contributed by atoms with Gasteiger partial charge in [0.15, 0.2) is 36.2 Å². The largest absolute Gasteiger partial charge is 0.492 e. The minimum atomic E-state index is -1.71. The Bertz CT molecular complexity index is 2630. The van der Waals surface area contributed by atoms with Gasteiger partial charge < -0.3 is 93.0 Å². The van der Waals surface area contributed by atoms with Crippen LogP contribution in [0.15, 0.2) is 40.4 Å². The average Bonchev–Trinajstić information content (AvgIpc) is 4.15. The van der Waals surface area contributed by atoms with E-state index >= 15 is 0 Å². The van der Waals surface area contributed by atoms with Gasteiger partial charge in [-0.05, 0) is 72.4 Å².